The normalized spacial score (nSPS) is 11.6. The Morgan fingerprint density at radius 2 is 2.27 bits per heavy atom. The first-order chi connectivity index (χ1) is 7.04. The summed E-state index contributed by atoms with van der Waals surface area (Å²) >= 11 is 3.31. The molecule has 1 aromatic carbocycles. The number of ether oxygens (including phenoxy) is 1. The number of benzene rings is 1. The highest BCUT2D eigenvalue weighted by Gasteiger charge is 2.07. The lowest BCUT2D eigenvalue weighted by molar-refractivity contribution is 0.101. The van der Waals surface area contributed by atoms with Crippen LogP contribution in [0.25, 0.3) is 0 Å². The fourth-order valence-corrected chi connectivity index (χ4v) is 1.73. The van der Waals surface area contributed by atoms with E-state index in [2.05, 4.69) is 21.9 Å². The highest BCUT2D eigenvalue weighted by atomic mass is 79.9. The van der Waals surface area contributed by atoms with E-state index in [1.165, 1.54) is 6.92 Å². The summed E-state index contributed by atoms with van der Waals surface area (Å²) in [5.41, 5.74) is 0.635. The molecule has 1 aromatic rings. The molecule has 0 heterocycles. The summed E-state index contributed by atoms with van der Waals surface area (Å²) in [6, 6.07) is 5.19. The van der Waals surface area contributed by atoms with E-state index in [0.29, 0.717) is 11.3 Å². The predicted molar refractivity (Wildman–Crippen MR) is 63.1 cm³/mol. The molecule has 0 saturated heterocycles. The van der Waals surface area contributed by atoms with Gasteiger partial charge in [0.1, 0.15) is 5.75 Å². The summed E-state index contributed by atoms with van der Waals surface area (Å²) in [7, 11) is 0. The molecule has 1 unspecified atom stereocenters. The van der Waals surface area contributed by atoms with Gasteiger partial charge in [0.15, 0.2) is 11.9 Å². The third-order valence-corrected chi connectivity index (χ3v) is 2.52. The van der Waals surface area contributed by atoms with Gasteiger partial charge in [-0.15, -0.1) is 6.42 Å². The van der Waals surface area contributed by atoms with Crippen LogP contribution in [0.1, 0.15) is 24.2 Å². The minimum absolute atomic E-state index is 0.0124. The molecular weight excluding hydrogens is 256 g/mol. The Hall–Kier alpha value is -1.27. The highest BCUT2D eigenvalue weighted by Crippen LogP contribution is 2.24. The van der Waals surface area contributed by atoms with E-state index in [-0.39, 0.29) is 11.9 Å². The lowest BCUT2D eigenvalue weighted by Crippen LogP contribution is -2.08. The fraction of sp³-hybridized carbons (Fsp3) is 0.250. The SMILES string of the molecule is C#CC(C)Oc1ccc(C(C)=O)c(Br)c1. The van der Waals surface area contributed by atoms with Crippen LogP contribution in [0.15, 0.2) is 22.7 Å². The van der Waals surface area contributed by atoms with Gasteiger partial charge in [0.2, 0.25) is 0 Å². The van der Waals surface area contributed by atoms with Crippen LogP contribution in [-0.4, -0.2) is 11.9 Å². The third kappa shape index (κ3) is 3.10. The average molecular weight is 267 g/mol. The molecule has 78 valence electrons. The predicted octanol–water partition coefficient (Wildman–Crippen LogP) is 3.05. The van der Waals surface area contributed by atoms with Crippen molar-refractivity contribution in [3.05, 3.63) is 28.2 Å². The van der Waals surface area contributed by atoms with Crippen LogP contribution >= 0.6 is 15.9 Å². The average Bonchev–Trinajstić information content (AvgIpc) is 2.17. The highest BCUT2D eigenvalue weighted by molar-refractivity contribution is 9.10. The van der Waals surface area contributed by atoms with E-state index in [1.807, 2.05) is 0 Å². The summed E-state index contributed by atoms with van der Waals surface area (Å²) in [6.45, 7) is 3.30. The fourth-order valence-electron chi connectivity index (χ4n) is 1.09. The molecule has 3 heteroatoms. The summed E-state index contributed by atoms with van der Waals surface area (Å²) in [6.07, 6.45) is 4.92. The Morgan fingerprint density at radius 1 is 1.60 bits per heavy atom. The van der Waals surface area contributed by atoms with Crippen LogP contribution < -0.4 is 4.74 Å². The monoisotopic (exact) mass is 266 g/mol. The molecule has 0 bridgehead atoms. The number of carbonyl (C=O) groups excluding carboxylic acids is 1. The quantitative estimate of drug-likeness (QED) is 0.621. The molecule has 0 aliphatic rings. The molecule has 2 nitrogen and oxygen atoms in total. The second-order valence-electron chi connectivity index (χ2n) is 3.12. The van der Waals surface area contributed by atoms with Gasteiger partial charge in [0.05, 0.1) is 0 Å². The van der Waals surface area contributed by atoms with E-state index in [4.69, 9.17) is 11.2 Å². The summed E-state index contributed by atoms with van der Waals surface area (Å²) in [4.78, 5) is 11.2. The number of ketones is 1. The van der Waals surface area contributed by atoms with Crippen molar-refractivity contribution in [2.24, 2.45) is 0 Å². The molecule has 0 aliphatic carbocycles. The molecule has 1 rings (SSSR count). The zero-order chi connectivity index (χ0) is 11.4. The number of carbonyl (C=O) groups is 1. The van der Waals surface area contributed by atoms with Gasteiger partial charge < -0.3 is 4.74 Å². The van der Waals surface area contributed by atoms with E-state index in [9.17, 15) is 4.79 Å². The number of halogens is 1. The van der Waals surface area contributed by atoms with Gasteiger partial charge in [-0.2, -0.15) is 0 Å². The maximum absolute atomic E-state index is 11.2. The molecule has 0 spiro atoms. The van der Waals surface area contributed by atoms with Crippen molar-refractivity contribution in [1.29, 1.82) is 0 Å². The molecule has 0 aliphatic heterocycles. The van der Waals surface area contributed by atoms with Crippen molar-refractivity contribution < 1.29 is 9.53 Å². The summed E-state index contributed by atoms with van der Waals surface area (Å²) in [5.74, 6) is 3.13. The van der Waals surface area contributed by atoms with Gasteiger partial charge in [0.25, 0.3) is 0 Å². The van der Waals surface area contributed by atoms with Gasteiger partial charge in [-0.1, -0.05) is 5.92 Å². The van der Waals surface area contributed by atoms with Crippen molar-refractivity contribution in [1.82, 2.24) is 0 Å². The van der Waals surface area contributed by atoms with Crippen molar-refractivity contribution in [2.75, 3.05) is 0 Å². The molecule has 0 saturated carbocycles. The van der Waals surface area contributed by atoms with Crippen LogP contribution in [0.2, 0.25) is 0 Å². The van der Waals surface area contributed by atoms with Crippen LogP contribution in [0.4, 0.5) is 0 Å². The van der Waals surface area contributed by atoms with E-state index >= 15 is 0 Å². The molecular formula is C12H11BrO2. The third-order valence-electron chi connectivity index (χ3n) is 1.87. The minimum Gasteiger partial charge on any atom is -0.478 e. The second kappa shape index (κ2) is 4.99. The topological polar surface area (TPSA) is 26.3 Å². The largest absolute Gasteiger partial charge is 0.478 e. The van der Waals surface area contributed by atoms with E-state index < -0.39 is 0 Å². The first-order valence-corrected chi connectivity index (χ1v) is 5.27. The number of rotatable bonds is 3. The van der Waals surface area contributed by atoms with Gasteiger partial charge in [-0.3, -0.25) is 4.79 Å². The zero-order valence-corrected chi connectivity index (χ0v) is 10.2. The standard InChI is InChI=1S/C12H11BrO2/c1-4-8(2)15-10-5-6-11(9(3)14)12(13)7-10/h1,5-8H,2-3H3. The Kier molecular flexibility index (Phi) is 3.93. The van der Waals surface area contributed by atoms with Crippen molar-refractivity contribution >= 4 is 21.7 Å². The first-order valence-electron chi connectivity index (χ1n) is 4.48. The summed E-state index contributed by atoms with van der Waals surface area (Å²) < 4.78 is 6.12. The van der Waals surface area contributed by atoms with Gasteiger partial charge in [-0.05, 0) is 48.0 Å². The minimum atomic E-state index is -0.278. The lowest BCUT2D eigenvalue weighted by atomic mass is 10.1. The first kappa shape index (κ1) is 11.8. The van der Waals surface area contributed by atoms with Crippen LogP contribution in [0.3, 0.4) is 0 Å². The van der Waals surface area contributed by atoms with Crippen LogP contribution in [0, 0.1) is 12.3 Å². The van der Waals surface area contributed by atoms with Gasteiger partial charge in [0, 0.05) is 10.0 Å². The maximum Gasteiger partial charge on any atom is 0.160 e. The van der Waals surface area contributed by atoms with Crippen molar-refractivity contribution in [3.63, 3.8) is 0 Å². The Morgan fingerprint density at radius 3 is 2.73 bits per heavy atom. The zero-order valence-electron chi connectivity index (χ0n) is 8.58. The Balaban J connectivity index is 2.93. The Labute approximate surface area is 97.8 Å². The van der Waals surface area contributed by atoms with Crippen LogP contribution in [0.5, 0.6) is 5.75 Å². The van der Waals surface area contributed by atoms with Gasteiger partial charge in [-0.25, -0.2) is 0 Å². The number of Topliss-reactive ketones (excluding diaryl/α,β-unsaturated/α-hetero) is 1. The molecule has 1 atom stereocenters. The molecule has 0 amide bonds. The molecule has 0 radical (unpaired) electrons. The lowest BCUT2D eigenvalue weighted by Gasteiger charge is -2.10. The van der Waals surface area contributed by atoms with Crippen molar-refractivity contribution in [2.45, 2.75) is 20.0 Å². The second-order valence-corrected chi connectivity index (χ2v) is 3.98. The Bertz CT molecular complexity index is 418. The van der Waals surface area contributed by atoms with Crippen molar-refractivity contribution in [3.8, 4) is 18.1 Å². The smallest absolute Gasteiger partial charge is 0.160 e. The number of hydrogen-bond donors (Lipinski definition) is 0. The van der Waals surface area contributed by atoms with Gasteiger partial charge >= 0.3 is 0 Å². The number of hydrogen-bond acceptors (Lipinski definition) is 2. The molecule has 0 fully saturated rings. The van der Waals surface area contributed by atoms with E-state index in [0.717, 1.165) is 4.47 Å². The maximum atomic E-state index is 11.2. The number of terminal acetylenes is 1. The molecule has 15 heavy (non-hydrogen) atoms. The van der Waals surface area contributed by atoms with Crippen LogP contribution in [-0.2, 0) is 0 Å². The molecule has 0 N–H and O–H groups in total. The van der Waals surface area contributed by atoms with E-state index in [1.54, 1.807) is 25.1 Å². The summed E-state index contributed by atoms with van der Waals surface area (Å²) in [5, 5.41) is 0. The molecule has 0 aromatic heterocycles.